The largest absolute Gasteiger partial charge is 0.480 e. The smallest absolute Gasteiger partial charge is 0.407 e. The normalized spacial score (nSPS) is 20.1. The molecule has 0 spiro atoms. The number of nitrogens with one attached hydrogen (secondary N) is 1. The maximum Gasteiger partial charge on any atom is 0.407 e. The first-order valence-corrected chi connectivity index (χ1v) is 11.9. The zero-order valence-electron chi connectivity index (χ0n) is 19.9. The van der Waals surface area contributed by atoms with Crippen molar-refractivity contribution in [3.63, 3.8) is 0 Å². The van der Waals surface area contributed by atoms with E-state index >= 15 is 0 Å². The van der Waals surface area contributed by atoms with E-state index in [1.165, 1.54) is 4.90 Å². The van der Waals surface area contributed by atoms with Crippen molar-refractivity contribution in [1.82, 2.24) is 10.2 Å². The van der Waals surface area contributed by atoms with E-state index in [0.717, 1.165) is 22.3 Å². The number of fused-ring (bicyclic) bond motifs is 3. The Bertz CT molecular complexity index is 1040. The first kappa shape index (κ1) is 23.8. The third-order valence-electron chi connectivity index (χ3n) is 6.88. The summed E-state index contributed by atoms with van der Waals surface area (Å²) in [4.78, 5) is 39.2. The summed E-state index contributed by atoms with van der Waals surface area (Å²) in [7, 11) is 0. The van der Waals surface area contributed by atoms with Gasteiger partial charge in [0.1, 0.15) is 18.7 Å². The molecular formula is C27H32N2O5. The molecule has 1 aliphatic heterocycles. The molecule has 0 radical (unpaired) electrons. The highest BCUT2D eigenvalue weighted by atomic mass is 16.5. The van der Waals surface area contributed by atoms with E-state index in [9.17, 15) is 19.5 Å². The summed E-state index contributed by atoms with van der Waals surface area (Å²) in [5, 5.41) is 12.3. The molecule has 7 nitrogen and oxygen atoms in total. The standard InChI is InChI=1S/C27H32N2O5/c1-16(2)14-23(25(30)29-13-12-17(3)24(29)26(31)32)28-27(33)34-15-22-20-10-6-4-8-18(20)19-9-5-7-11-21(19)22/h4-11,16-17,22-24H,12-15H2,1-3H3,(H,28,33)(H,31,32). The van der Waals surface area contributed by atoms with Crippen molar-refractivity contribution in [2.24, 2.45) is 11.8 Å². The third kappa shape index (κ3) is 4.65. The van der Waals surface area contributed by atoms with Gasteiger partial charge in [-0.2, -0.15) is 0 Å². The summed E-state index contributed by atoms with van der Waals surface area (Å²) >= 11 is 0. The number of hydrogen-bond donors (Lipinski definition) is 2. The zero-order chi connectivity index (χ0) is 24.4. The average molecular weight is 465 g/mol. The maximum atomic E-state index is 13.3. The van der Waals surface area contributed by atoms with Crippen LogP contribution in [-0.2, 0) is 14.3 Å². The zero-order valence-corrected chi connectivity index (χ0v) is 19.9. The Morgan fingerprint density at radius 2 is 1.65 bits per heavy atom. The van der Waals surface area contributed by atoms with E-state index in [0.29, 0.717) is 19.4 Å². The fourth-order valence-electron chi connectivity index (χ4n) is 5.25. The number of carboxylic acids is 1. The molecule has 0 saturated carbocycles. The highest BCUT2D eigenvalue weighted by Crippen LogP contribution is 2.44. The van der Waals surface area contributed by atoms with Gasteiger partial charge in [-0.05, 0) is 46.9 Å². The van der Waals surface area contributed by atoms with E-state index in [1.54, 1.807) is 0 Å². The topological polar surface area (TPSA) is 95.9 Å². The van der Waals surface area contributed by atoms with Crippen molar-refractivity contribution in [3.05, 3.63) is 59.7 Å². The van der Waals surface area contributed by atoms with Crippen molar-refractivity contribution in [3.8, 4) is 11.1 Å². The number of nitrogens with zero attached hydrogens (tertiary/aromatic N) is 1. The van der Waals surface area contributed by atoms with E-state index in [1.807, 2.05) is 57.2 Å². The van der Waals surface area contributed by atoms with Gasteiger partial charge in [0.15, 0.2) is 0 Å². The molecule has 2 amide bonds. The molecule has 34 heavy (non-hydrogen) atoms. The lowest BCUT2D eigenvalue weighted by Gasteiger charge is -2.29. The average Bonchev–Trinajstić information content (AvgIpc) is 3.34. The Morgan fingerprint density at radius 1 is 1.06 bits per heavy atom. The molecule has 7 heteroatoms. The Kier molecular flexibility index (Phi) is 6.91. The fourth-order valence-corrected chi connectivity index (χ4v) is 5.25. The van der Waals surface area contributed by atoms with Crippen LogP contribution in [0.1, 0.15) is 50.7 Å². The van der Waals surface area contributed by atoms with E-state index in [2.05, 4.69) is 17.4 Å². The maximum absolute atomic E-state index is 13.3. The molecule has 1 saturated heterocycles. The first-order chi connectivity index (χ1) is 16.3. The number of ether oxygens (including phenoxy) is 1. The number of rotatable bonds is 7. The van der Waals surface area contributed by atoms with Crippen LogP contribution in [0.2, 0.25) is 0 Å². The number of carbonyl (C=O) groups excluding carboxylic acids is 2. The van der Waals surface area contributed by atoms with Gasteiger partial charge in [-0.1, -0.05) is 69.3 Å². The van der Waals surface area contributed by atoms with Crippen molar-refractivity contribution in [1.29, 1.82) is 0 Å². The number of hydrogen-bond acceptors (Lipinski definition) is 4. The summed E-state index contributed by atoms with van der Waals surface area (Å²) in [5.74, 6) is -1.45. The van der Waals surface area contributed by atoms with Gasteiger partial charge in [0.25, 0.3) is 0 Å². The van der Waals surface area contributed by atoms with Crippen molar-refractivity contribution >= 4 is 18.0 Å². The highest BCUT2D eigenvalue weighted by Gasteiger charge is 2.42. The van der Waals surface area contributed by atoms with Crippen LogP contribution in [0.4, 0.5) is 4.79 Å². The molecule has 0 bridgehead atoms. The summed E-state index contributed by atoms with van der Waals surface area (Å²) in [5.41, 5.74) is 4.51. The minimum Gasteiger partial charge on any atom is -0.480 e. The van der Waals surface area contributed by atoms with E-state index < -0.39 is 24.1 Å². The lowest BCUT2D eigenvalue weighted by Crippen LogP contribution is -2.53. The molecule has 1 aliphatic carbocycles. The molecule has 2 aromatic rings. The van der Waals surface area contributed by atoms with Crippen molar-refractivity contribution in [2.75, 3.05) is 13.2 Å². The van der Waals surface area contributed by atoms with Gasteiger partial charge in [0.05, 0.1) is 0 Å². The molecule has 2 aromatic carbocycles. The second-order valence-corrected chi connectivity index (χ2v) is 9.73. The number of alkyl carbamates (subject to hydrolysis) is 1. The molecule has 2 aliphatic rings. The quantitative estimate of drug-likeness (QED) is 0.638. The molecular weight excluding hydrogens is 432 g/mol. The minimum atomic E-state index is -1.01. The second kappa shape index (κ2) is 9.87. The van der Waals surface area contributed by atoms with Crippen LogP contribution < -0.4 is 5.32 Å². The highest BCUT2D eigenvalue weighted by molar-refractivity contribution is 5.90. The number of carbonyl (C=O) groups is 3. The van der Waals surface area contributed by atoms with Crippen molar-refractivity contribution < 1.29 is 24.2 Å². The summed E-state index contributed by atoms with van der Waals surface area (Å²) in [6.07, 6.45) is 0.363. The van der Waals surface area contributed by atoms with E-state index in [-0.39, 0.29) is 30.3 Å². The summed E-state index contributed by atoms with van der Waals surface area (Å²) in [6.45, 7) is 6.28. The molecule has 0 aromatic heterocycles. The number of likely N-dealkylation sites (tertiary alicyclic amines) is 1. The predicted molar refractivity (Wildman–Crippen MR) is 128 cm³/mol. The third-order valence-corrected chi connectivity index (χ3v) is 6.88. The summed E-state index contributed by atoms with van der Waals surface area (Å²) < 4.78 is 5.62. The molecule has 1 fully saturated rings. The predicted octanol–water partition coefficient (Wildman–Crippen LogP) is 4.26. The van der Waals surface area contributed by atoms with Gasteiger partial charge in [0, 0.05) is 12.5 Å². The number of benzene rings is 2. The number of amides is 2. The lowest BCUT2D eigenvalue weighted by molar-refractivity contribution is -0.150. The van der Waals surface area contributed by atoms with Gasteiger partial charge >= 0.3 is 12.1 Å². The first-order valence-electron chi connectivity index (χ1n) is 11.9. The number of carboxylic acid groups (broad SMARTS) is 1. The van der Waals surface area contributed by atoms with Crippen LogP contribution in [0.5, 0.6) is 0 Å². The van der Waals surface area contributed by atoms with E-state index in [4.69, 9.17) is 4.74 Å². The SMILES string of the molecule is CC(C)CC(NC(=O)OCC1c2ccccc2-c2ccccc21)C(=O)N1CCC(C)C1C(=O)O. The van der Waals surface area contributed by atoms with Gasteiger partial charge in [0.2, 0.25) is 5.91 Å². The molecule has 3 atom stereocenters. The van der Waals surface area contributed by atoms with Crippen LogP contribution >= 0.6 is 0 Å². The van der Waals surface area contributed by atoms with Crippen LogP contribution in [0, 0.1) is 11.8 Å². The Balaban J connectivity index is 1.45. The molecule has 4 rings (SSSR count). The van der Waals surface area contributed by atoms with Gasteiger partial charge < -0.3 is 20.1 Å². The monoisotopic (exact) mass is 464 g/mol. The minimum absolute atomic E-state index is 0.0757. The Labute approximate surface area is 200 Å². The van der Waals surface area contributed by atoms with Crippen LogP contribution in [-0.4, -0.2) is 53.2 Å². The second-order valence-electron chi connectivity index (χ2n) is 9.73. The lowest BCUT2D eigenvalue weighted by atomic mass is 9.98. The summed E-state index contributed by atoms with van der Waals surface area (Å²) in [6, 6.07) is 14.5. The number of aliphatic carboxylic acids is 1. The van der Waals surface area contributed by atoms with Crippen molar-refractivity contribution in [2.45, 2.75) is 51.6 Å². The Morgan fingerprint density at radius 3 is 2.21 bits per heavy atom. The molecule has 1 heterocycles. The van der Waals surface area contributed by atoms with Crippen LogP contribution in [0.15, 0.2) is 48.5 Å². The van der Waals surface area contributed by atoms with Crippen LogP contribution in [0.25, 0.3) is 11.1 Å². The molecule has 2 N–H and O–H groups in total. The fraction of sp³-hybridized carbons (Fsp3) is 0.444. The van der Waals surface area contributed by atoms with Gasteiger partial charge in [-0.3, -0.25) is 4.79 Å². The van der Waals surface area contributed by atoms with Gasteiger partial charge in [-0.25, -0.2) is 9.59 Å². The Hall–Kier alpha value is -3.35. The van der Waals surface area contributed by atoms with Crippen LogP contribution in [0.3, 0.4) is 0 Å². The molecule has 3 unspecified atom stereocenters. The van der Waals surface area contributed by atoms with Gasteiger partial charge in [-0.15, -0.1) is 0 Å². The molecule has 180 valence electrons.